The predicted molar refractivity (Wildman–Crippen MR) is 179 cm³/mol. The summed E-state index contributed by atoms with van der Waals surface area (Å²) in [7, 11) is -3.89. The zero-order chi connectivity index (χ0) is 37.7. The van der Waals surface area contributed by atoms with Gasteiger partial charge in [0.05, 0.1) is 17.3 Å². The summed E-state index contributed by atoms with van der Waals surface area (Å²) < 4.78 is 65.7. The number of carbonyl (C=O) groups excluding carboxylic acids is 5. The van der Waals surface area contributed by atoms with E-state index >= 15 is 0 Å². The summed E-state index contributed by atoms with van der Waals surface area (Å²) in [6.45, 7) is 9.64. The van der Waals surface area contributed by atoms with E-state index in [4.69, 9.17) is 0 Å². The molecule has 0 aliphatic heterocycles. The molecule has 2 rings (SSSR count). The van der Waals surface area contributed by atoms with Crippen LogP contribution in [0.5, 0.6) is 0 Å². The second-order valence-electron chi connectivity index (χ2n) is 12.9. The minimum Gasteiger partial charge on any atom is -0.346 e. The van der Waals surface area contributed by atoms with Crippen LogP contribution >= 0.6 is 0 Å². The van der Waals surface area contributed by atoms with Gasteiger partial charge in [-0.25, -0.2) is 18.2 Å². The second kappa shape index (κ2) is 18.8. The van der Waals surface area contributed by atoms with E-state index in [9.17, 15) is 45.6 Å². The van der Waals surface area contributed by atoms with Crippen molar-refractivity contribution in [3.8, 4) is 0 Å². The number of nitrogens with one attached hydrogen (secondary N) is 4. The van der Waals surface area contributed by atoms with Gasteiger partial charge in [0.1, 0.15) is 12.1 Å². The Morgan fingerprint density at radius 2 is 1.72 bits per heavy atom. The minimum absolute atomic E-state index is 0.00712. The lowest BCUT2D eigenvalue weighted by Gasteiger charge is -2.39. The standard InChI is InChI=1S/C33H49F3N6O7S/c1-6-18-38-29(45)27(43)24(14-17-33(34,35)36)39-28(44)23(5)42(20-7-2)30(46)26(22(3)4)40-31(47)41-32(15-10-8-11-16-32)21-50(48,49)25-13-9-12-19-37-25/h6,9,12-13,19,22-24,26H,1,7-8,10-11,14-18,20-21H2,2-5H3,(H,38,45)(H,39,44)(H2,40,41,47)/t23-,24?,26-/m0/s1. The Balaban J connectivity index is 2.27. The number of sulfone groups is 1. The van der Waals surface area contributed by atoms with E-state index in [1.54, 1.807) is 32.9 Å². The monoisotopic (exact) mass is 730 g/mol. The highest BCUT2D eigenvalue weighted by molar-refractivity contribution is 7.91. The molecule has 50 heavy (non-hydrogen) atoms. The molecule has 1 heterocycles. The Morgan fingerprint density at radius 3 is 2.26 bits per heavy atom. The molecule has 17 heteroatoms. The average Bonchev–Trinajstić information content (AvgIpc) is 3.05. The fourth-order valence-corrected chi connectivity index (χ4v) is 7.51. The van der Waals surface area contributed by atoms with Gasteiger partial charge in [0, 0.05) is 25.7 Å². The Bertz CT molecular complexity index is 1450. The summed E-state index contributed by atoms with van der Waals surface area (Å²) in [5, 5.41) is 9.76. The maximum atomic E-state index is 14.0. The van der Waals surface area contributed by atoms with Crippen molar-refractivity contribution in [2.75, 3.05) is 18.8 Å². The van der Waals surface area contributed by atoms with Gasteiger partial charge in [-0.1, -0.05) is 52.2 Å². The van der Waals surface area contributed by atoms with E-state index in [0.29, 0.717) is 32.1 Å². The van der Waals surface area contributed by atoms with Gasteiger partial charge in [-0.15, -0.1) is 6.58 Å². The highest BCUT2D eigenvalue weighted by Gasteiger charge is 2.41. The van der Waals surface area contributed by atoms with Crippen molar-refractivity contribution in [1.29, 1.82) is 0 Å². The smallest absolute Gasteiger partial charge is 0.346 e. The van der Waals surface area contributed by atoms with Gasteiger partial charge in [-0.2, -0.15) is 13.2 Å². The first-order chi connectivity index (χ1) is 23.4. The van der Waals surface area contributed by atoms with Crippen LogP contribution in [-0.4, -0.2) is 96.5 Å². The topological polar surface area (TPSA) is 184 Å². The number of alkyl halides is 3. The zero-order valence-corrected chi connectivity index (χ0v) is 29.8. The van der Waals surface area contributed by atoms with Crippen LogP contribution in [0, 0.1) is 5.92 Å². The number of carbonyl (C=O) groups is 5. The maximum absolute atomic E-state index is 14.0. The van der Waals surface area contributed by atoms with E-state index in [-0.39, 0.29) is 18.1 Å². The number of hydrogen-bond donors (Lipinski definition) is 4. The van der Waals surface area contributed by atoms with Crippen molar-refractivity contribution in [2.24, 2.45) is 5.92 Å². The van der Waals surface area contributed by atoms with Gasteiger partial charge < -0.3 is 26.2 Å². The molecule has 3 atom stereocenters. The van der Waals surface area contributed by atoms with E-state index < -0.39 is 93.7 Å². The predicted octanol–water partition coefficient (Wildman–Crippen LogP) is 3.21. The van der Waals surface area contributed by atoms with Crippen molar-refractivity contribution >= 4 is 39.4 Å². The highest BCUT2D eigenvalue weighted by Crippen LogP contribution is 2.31. The summed E-state index contributed by atoms with van der Waals surface area (Å²) in [5.41, 5.74) is -1.13. The van der Waals surface area contributed by atoms with E-state index in [2.05, 4.69) is 32.8 Å². The Labute approximate surface area is 291 Å². The molecule has 1 unspecified atom stereocenters. The van der Waals surface area contributed by atoms with Gasteiger partial charge in [0.2, 0.25) is 17.6 Å². The molecule has 1 aromatic rings. The number of aromatic nitrogens is 1. The van der Waals surface area contributed by atoms with Crippen molar-refractivity contribution < 1.29 is 45.6 Å². The first kappa shape index (κ1) is 42.1. The van der Waals surface area contributed by atoms with Crippen LogP contribution in [0.25, 0.3) is 0 Å². The fourth-order valence-electron chi connectivity index (χ4n) is 5.77. The largest absolute Gasteiger partial charge is 0.389 e. The molecule has 0 radical (unpaired) electrons. The number of hydrogen-bond acceptors (Lipinski definition) is 8. The lowest BCUT2D eigenvalue weighted by Crippen LogP contribution is -2.62. The van der Waals surface area contributed by atoms with Crippen molar-refractivity contribution in [1.82, 2.24) is 31.2 Å². The van der Waals surface area contributed by atoms with Gasteiger partial charge in [-0.3, -0.25) is 19.2 Å². The molecule has 1 aliphatic carbocycles. The van der Waals surface area contributed by atoms with E-state index in [1.165, 1.54) is 25.3 Å². The van der Waals surface area contributed by atoms with Gasteiger partial charge >= 0.3 is 12.2 Å². The third-order valence-corrected chi connectivity index (χ3v) is 10.2. The van der Waals surface area contributed by atoms with Gasteiger partial charge in [0.15, 0.2) is 14.9 Å². The van der Waals surface area contributed by atoms with Crippen LogP contribution in [0.3, 0.4) is 0 Å². The molecule has 13 nitrogen and oxygen atoms in total. The Hall–Kier alpha value is -4.02. The quantitative estimate of drug-likeness (QED) is 0.131. The molecular formula is C33H49F3N6O7S. The Morgan fingerprint density at radius 1 is 1.06 bits per heavy atom. The SMILES string of the molecule is C=CCNC(=O)C(=O)C(CCC(F)(F)F)NC(=O)[C@H](C)N(CCC)C(=O)[C@@H](NC(=O)NC1(CS(=O)(=O)c2ccccn2)CCCCC1)C(C)C. The van der Waals surface area contributed by atoms with Crippen LogP contribution < -0.4 is 21.3 Å². The first-order valence-electron chi connectivity index (χ1n) is 16.7. The number of rotatable bonds is 18. The summed E-state index contributed by atoms with van der Waals surface area (Å²) in [6.07, 6.45) is -1.09. The number of ketones is 1. The number of amides is 5. The van der Waals surface area contributed by atoms with Crippen LogP contribution in [0.2, 0.25) is 0 Å². The molecule has 0 aromatic carbocycles. The van der Waals surface area contributed by atoms with Crippen LogP contribution in [0.15, 0.2) is 42.1 Å². The molecule has 0 spiro atoms. The normalized spacial score (nSPS) is 16.3. The molecule has 0 saturated heterocycles. The summed E-state index contributed by atoms with van der Waals surface area (Å²) >= 11 is 0. The highest BCUT2D eigenvalue weighted by atomic mass is 32.2. The third-order valence-electron chi connectivity index (χ3n) is 8.41. The van der Waals surface area contributed by atoms with Crippen molar-refractivity contribution in [3.63, 3.8) is 0 Å². The van der Waals surface area contributed by atoms with Gasteiger partial charge in [-0.05, 0) is 50.7 Å². The second-order valence-corrected chi connectivity index (χ2v) is 14.8. The molecule has 1 aromatic heterocycles. The summed E-state index contributed by atoms with van der Waals surface area (Å²) in [5.74, 6) is -5.06. The van der Waals surface area contributed by atoms with Crippen molar-refractivity contribution in [3.05, 3.63) is 37.1 Å². The number of nitrogens with zero attached hydrogens (tertiary/aromatic N) is 2. The van der Waals surface area contributed by atoms with Crippen LogP contribution in [0.4, 0.5) is 18.0 Å². The fraction of sp³-hybridized carbons (Fsp3) is 0.636. The molecule has 1 saturated carbocycles. The van der Waals surface area contributed by atoms with E-state index in [1.807, 2.05) is 0 Å². The number of Topliss-reactive ketones (excluding diaryl/α,β-unsaturated/α-hetero) is 1. The van der Waals surface area contributed by atoms with Crippen LogP contribution in [-0.2, 0) is 29.0 Å². The Kier molecular flexibility index (Phi) is 15.9. The first-order valence-corrected chi connectivity index (χ1v) is 18.3. The zero-order valence-electron chi connectivity index (χ0n) is 29.0. The van der Waals surface area contributed by atoms with Crippen molar-refractivity contribution in [2.45, 2.75) is 114 Å². The number of urea groups is 1. The lowest BCUT2D eigenvalue weighted by molar-refractivity contribution is -0.147. The third kappa shape index (κ3) is 12.7. The van der Waals surface area contributed by atoms with Gasteiger partial charge in [0.25, 0.3) is 5.91 Å². The minimum atomic E-state index is -4.67. The molecule has 4 N–H and O–H groups in total. The summed E-state index contributed by atoms with van der Waals surface area (Å²) in [6, 6.07) is -0.605. The maximum Gasteiger partial charge on any atom is 0.389 e. The molecule has 1 aliphatic rings. The molecule has 0 bridgehead atoms. The molecule has 5 amide bonds. The molecule has 1 fully saturated rings. The lowest BCUT2D eigenvalue weighted by atomic mass is 9.83. The molecule has 280 valence electrons. The number of halogens is 3. The van der Waals surface area contributed by atoms with E-state index in [0.717, 1.165) is 11.3 Å². The summed E-state index contributed by atoms with van der Waals surface area (Å²) in [4.78, 5) is 70.9. The number of pyridine rings is 1. The average molecular weight is 731 g/mol. The molecular weight excluding hydrogens is 681 g/mol. The van der Waals surface area contributed by atoms with Crippen LogP contribution in [0.1, 0.15) is 79.1 Å².